The molecule has 1 amide bonds. The predicted octanol–water partition coefficient (Wildman–Crippen LogP) is 4.20. The van der Waals surface area contributed by atoms with Crippen LogP contribution in [0.2, 0.25) is 5.02 Å². The van der Waals surface area contributed by atoms with Crippen LogP contribution in [-0.2, 0) is 4.79 Å². The van der Waals surface area contributed by atoms with E-state index in [0.29, 0.717) is 21.4 Å². The molecule has 0 fully saturated rings. The first kappa shape index (κ1) is 16.8. The Morgan fingerprint density at radius 1 is 1.31 bits per heavy atom. The lowest BCUT2D eigenvalue weighted by Gasteiger charge is -2.07. The highest BCUT2D eigenvalue weighted by Gasteiger charge is 2.14. The lowest BCUT2D eigenvalue weighted by atomic mass is 10.2. The summed E-state index contributed by atoms with van der Waals surface area (Å²) in [6, 6.07) is 14.7. The molecular weight excluding hydrogens is 390 g/mol. The van der Waals surface area contributed by atoms with E-state index in [1.807, 2.05) is 34.7 Å². The second-order valence-electron chi connectivity index (χ2n) is 5.31. The summed E-state index contributed by atoms with van der Waals surface area (Å²) in [5.41, 5.74) is 1.78. The summed E-state index contributed by atoms with van der Waals surface area (Å²) in [5, 5.41) is 21.3. The first-order valence-corrected chi connectivity index (χ1v) is 9.68. The monoisotopic (exact) mass is 399 g/mol. The second kappa shape index (κ2) is 6.96. The minimum Gasteiger partial charge on any atom is -0.324 e. The number of rotatable bonds is 4. The number of thioether (sulfide) groups is 1. The molecule has 0 spiro atoms. The molecule has 0 unspecified atom stereocenters. The van der Waals surface area contributed by atoms with Crippen LogP contribution in [0.25, 0.3) is 15.2 Å². The molecule has 0 bridgehead atoms. The zero-order chi connectivity index (χ0) is 18.1. The quantitative estimate of drug-likeness (QED) is 0.520. The van der Waals surface area contributed by atoms with E-state index >= 15 is 0 Å². The van der Waals surface area contributed by atoms with Gasteiger partial charge in [0.05, 0.1) is 27.2 Å². The van der Waals surface area contributed by atoms with Gasteiger partial charge >= 0.3 is 0 Å². The van der Waals surface area contributed by atoms with E-state index in [1.54, 1.807) is 29.5 Å². The molecule has 0 aliphatic rings. The van der Waals surface area contributed by atoms with Crippen molar-refractivity contribution in [2.24, 2.45) is 0 Å². The topological polar surface area (TPSA) is 83.1 Å². The summed E-state index contributed by atoms with van der Waals surface area (Å²) in [6.45, 7) is 0. The van der Waals surface area contributed by atoms with E-state index in [9.17, 15) is 4.79 Å². The molecule has 4 aromatic rings. The first-order chi connectivity index (χ1) is 12.7. The third-order valence-corrected chi connectivity index (χ3v) is 5.80. The number of nitrogens with one attached hydrogen (secondary N) is 1. The van der Waals surface area contributed by atoms with Crippen molar-refractivity contribution in [3.05, 3.63) is 53.1 Å². The Labute approximate surface area is 161 Å². The number of nitrogens with zero attached hydrogens (tertiary/aromatic N) is 4. The number of anilines is 1. The van der Waals surface area contributed by atoms with Gasteiger partial charge in [0.2, 0.25) is 10.9 Å². The highest BCUT2D eigenvalue weighted by atomic mass is 35.5. The van der Waals surface area contributed by atoms with Gasteiger partial charge < -0.3 is 5.32 Å². The molecule has 26 heavy (non-hydrogen) atoms. The maximum absolute atomic E-state index is 12.3. The van der Waals surface area contributed by atoms with Gasteiger partial charge in [-0.3, -0.25) is 9.20 Å². The van der Waals surface area contributed by atoms with Crippen LogP contribution in [0.5, 0.6) is 0 Å². The van der Waals surface area contributed by atoms with Gasteiger partial charge in [0.15, 0.2) is 5.16 Å². The average Bonchev–Trinajstić information content (AvgIpc) is 3.19. The van der Waals surface area contributed by atoms with Gasteiger partial charge in [-0.2, -0.15) is 5.26 Å². The number of fused-ring (bicyclic) bond motifs is 3. The van der Waals surface area contributed by atoms with E-state index in [4.69, 9.17) is 16.9 Å². The number of nitriles is 1. The van der Waals surface area contributed by atoms with Crippen LogP contribution in [0.3, 0.4) is 0 Å². The number of hydrogen-bond donors (Lipinski definition) is 1. The maximum Gasteiger partial charge on any atom is 0.234 e. The average molecular weight is 400 g/mol. The summed E-state index contributed by atoms with van der Waals surface area (Å²) >= 11 is 8.78. The number of thiazole rings is 1. The first-order valence-electron chi connectivity index (χ1n) is 7.50. The van der Waals surface area contributed by atoms with Crippen molar-refractivity contribution in [1.82, 2.24) is 14.6 Å². The van der Waals surface area contributed by atoms with Crippen molar-refractivity contribution in [2.75, 3.05) is 11.1 Å². The second-order valence-corrected chi connectivity index (χ2v) is 7.70. The van der Waals surface area contributed by atoms with Gasteiger partial charge in [-0.15, -0.1) is 10.2 Å². The van der Waals surface area contributed by atoms with Crippen LogP contribution in [0.1, 0.15) is 5.56 Å². The molecule has 0 aliphatic carbocycles. The van der Waals surface area contributed by atoms with Crippen molar-refractivity contribution in [3.63, 3.8) is 0 Å². The molecule has 0 saturated heterocycles. The Balaban J connectivity index is 1.53. The van der Waals surface area contributed by atoms with E-state index in [2.05, 4.69) is 15.5 Å². The lowest BCUT2D eigenvalue weighted by Crippen LogP contribution is -2.15. The fourth-order valence-electron chi connectivity index (χ4n) is 2.48. The van der Waals surface area contributed by atoms with Gasteiger partial charge in [0, 0.05) is 5.02 Å². The van der Waals surface area contributed by atoms with Crippen molar-refractivity contribution in [2.45, 2.75) is 5.16 Å². The molecule has 0 saturated carbocycles. The van der Waals surface area contributed by atoms with E-state index in [-0.39, 0.29) is 11.7 Å². The summed E-state index contributed by atoms with van der Waals surface area (Å²) in [4.78, 5) is 13.1. The third-order valence-electron chi connectivity index (χ3n) is 3.62. The molecule has 9 heteroatoms. The molecule has 0 aliphatic heterocycles. The molecule has 128 valence electrons. The Hall–Kier alpha value is -2.60. The Kier molecular flexibility index (Phi) is 4.51. The highest BCUT2D eigenvalue weighted by molar-refractivity contribution is 7.99. The largest absolute Gasteiger partial charge is 0.324 e. The van der Waals surface area contributed by atoms with Gasteiger partial charge in [0.1, 0.15) is 6.07 Å². The number of carbonyl (C=O) groups excluding carboxylic acids is 1. The fourth-order valence-corrected chi connectivity index (χ4v) is 4.42. The summed E-state index contributed by atoms with van der Waals surface area (Å²) in [5.74, 6) is -0.104. The normalized spacial score (nSPS) is 10.9. The molecule has 6 nitrogen and oxygen atoms in total. The van der Waals surface area contributed by atoms with Crippen LogP contribution in [0, 0.1) is 11.3 Å². The number of amides is 1. The van der Waals surface area contributed by atoms with Crippen molar-refractivity contribution in [3.8, 4) is 6.07 Å². The Morgan fingerprint density at radius 3 is 3.00 bits per heavy atom. The van der Waals surface area contributed by atoms with Gasteiger partial charge in [-0.05, 0) is 30.3 Å². The van der Waals surface area contributed by atoms with Gasteiger partial charge in [0.25, 0.3) is 0 Å². The fraction of sp³-hybridized carbons (Fsp3) is 0.0588. The minimum atomic E-state index is -0.245. The molecule has 2 heterocycles. The Bertz CT molecular complexity index is 1180. The minimum absolute atomic E-state index is 0.141. The zero-order valence-electron chi connectivity index (χ0n) is 13.1. The van der Waals surface area contributed by atoms with Crippen molar-refractivity contribution < 1.29 is 4.79 Å². The summed E-state index contributed by atoms with van der Waals surface area (Å²) in [7, 11) is 0. The van der Waals surface area contributed by atoms with E-state index < -0.39 is 0 Å². The van der Waals surface area contributed by atoms with Crippen LogP contribution >= 0.6 is 34.7 Å². The Morgan fingerprint density at radius 2 is 2.15 bits per heavy atom. The van der Waals surface area contributed by atoms with Crippen LogP contribution < -0.4 is 5.32 Å². The number of aromatic nitrogens is 3. The van der Waals surface area contributed by atoms with Crippen molar-refractivity contribution >= 4 is 61.5 Å². The van der Waals surface area contributed by atoms with E-state index in [1.165, 1.54) is 11.8 Å². The predicted molar refractivity (Wildman–Crippen MR) is 104 cm³/mol. The maximum atomic E-state index is 12.3. The molecular formula is C17H10ClN5OS2. The smallest absolute Gasteiger partial charge is 0.234 e. The SMILES string of the molecule is N#Cc1ccc(Cl)cc1NC(=O)CSc1nnc2sc3ccccc3n12. The summed E-state index contributed by atoms with van der Waals surface area (Å²) in [6.07, 6.45) is 0. The molecule has 4 rings (SSSR count). The number of para-hydroxylation sites is 1. The van der Waals surface area contributed by atoms with Crippen LogP contribution in [0.4, 0.5) is 5.69 Å². The number of halogens is 1. The summed E-state index contributed by atoms with van der Waals surface area (Å²) < 4.78 is 3.05. The van der Waals surface area contributed by atoms with Gasteiger partial charge in [-0.1, -0.05) is 46.8 Å². The number of carbonyl (C=O) groups is 1. The molecule has 2 aromatic heterocycles. The van der Waals surface area contributed by atoms with Gasteiger partial charge in [-0.25, -0.2) is 0 Å². The number of benzene rings is 2. The van der Waals surface area contributed by atoms with Crippen LogP contribution in [-0.4, -0.2) is 26.3 Å². The van der Waals surface area contributed by atoms with Crippen molar-refractivity contribution in [1.29, 1.82) is 5.26 Å². The van der Waals surface area contributed by atoms with E-state index in [0.717, 1.165) is 15.2 Å². The molecule has 1 N–H and O–H groups in total. The standard InChI is InChI=1S/C17H10ClN5OS2/c18-11-6-5-10(8-19)12(7-11)20-15(24)9-25-16-21-22-17-23(16)13-3-1-2-4-14(13)26-17/h1-7H,9H2,(H,20,24). The molecule has 0 radical (unpaired) electrons. The zero-order valence-corrected chi connectivity index (χ0v) is 15.5. The third kappa shape index (κ3) is 3.12. The number of hydrogen-bond acceptors (Lipinski definition) is 6. The highest BCUT2D eigenvalue weighted by Crippen LogP contribution is 2.29. The lowest BCUT2D eigenvalue weighted by molar-refractivity contribution is -0.113. The molecule has 2 aromatic carbocycles. The molecule has 0 atom stereocenters. The van der Waals surface area contributed by atoms with Crippen LogP contribution in [0.15, 0.2) is 47.6 Å².